The number of esters is 1. The highest BCUT2D eigenvalue weighted by Gasteiger charge is 2.54. The average molecular weight is 422 g/mol. The van der Waals surface area contributed by atoms with Crippen LogP contribution in [0.4, 0.5) is 0 Å². The van der Waals surface area contributed by atoms with E-state index in [1.807, 2.05) is 6.92 Å². The van der Waals surface area contributed by atoms with Crippen LogP contribution in [0.2, 0.25) is 0 Å². The van der Waals surface area contributed by atoms with Crippen molar-refractivity contribution in [3.05, 3.63) is 5.21 Å². The number of piperidine rings is 1. The highest BCUT2D eigenvalue weighted by Crippen LogP contribution is 2.51. The van der Waals surface area contributed by atoms with Crippen LogP contribution in [-0.4, -0.2) is 42.1 Å². The molecule has 0 aromatic carbocycles. The Morgan fingerprint density at radius 3 is 2.20 bits per heavy atom. The number of fused-ring (bicyclic) bond motifs is 1. The summed E-state index contributed by atoms with van der Waals surface area (Å²) in [5.41, 5.74) is 0.618. The molecule has 0 N–H and O–H groups in total. The quantitative estimate of drug-likeness (QED) is 0.303. The van der Waals surface area contributed by atoms with E-state index in [1.165, 1.54) is 83.5 Å². The summed E-state index contributed by atoms with van der Waals surface area (Å²) in [6, 6.07) is 0. The van der Waals surface area contributed by atoms with Crippen molar-refractivity contribution in [3.8, 4) is 0 Å². The monoisotopic (exact) mass is 421 g/mol. The molecule has 172 valence electrons. The normalized spacial score (nSPS) is 42.4. The predicted octanol–water partition coefficient (Wildman–Crippen LogP) is 5.84. The van der Waals surface area contributed by atoms with Crippen LogP contribution in [0, 0.1) is 16.0 Å². The van der Waals surface area contributed by atoms with Gasteiger partial charge in [-0.3, -0.25) is 4.79 Å². The lowest BCUT2D eigenvalue weighted by Crippen LogP contribution is -2.68. The van der Waals surface area contributed by atoms with Crippen molar-refractivity contribution in [1.82, 2.24) is 0 Å². The standard InChI is InChI=1S/C13H22O2.C12H21NO2/c1-11(14)15-12-7-3-6-10-13(12)8-4-2-5-9-13;1-10-13(14)8-4-7-12(9-13)6-3-2-5-11(12)15-10/h12H,2-10H2,1H3;10-11H,2-9H2,1H3/t12-;/m0./s1. The minimum absolute atomic E-state index is 0.0729. The van der Waals surface area contributed by atoms with Gasteiger partial charge in [-0.05, 0) is 57.8 Å². The molecule has 0 amide bonds. The molecule has 30 heavy (non-hydrogen) atoms. The Balaban J connectivity index is 0.000000145. The topological polar surface area (TPSA) is 58.6 Å². The Hall–Kier alpha value is -0.650. The first-order chi connectivity index (χ1) is 14.4. The van der Waals surface area contributed by atoms with Gasteiger partial charge in [0, 0.05) is 24.7 Å². The van der Waals surface area contributed by atoms with E-state index in [2.05, 4.69) is 0 Å². The van der Waals surface area contributed by atoms with Gasteiger partial charge in [-0.25, -0.2) is 0 Å². The second kappa shape index (κ2) is 9.07. The summed E-state index contributed by atoms with van der Waals surface area (Å²) in [5, 5.41) is 12.5. The van der Waals surface area contributed by atoms with E-state index >= 15 is 0 Å². The van der Waals surface area contributed by atoms with Gasteiger partial charge in [-0.15, -0.1) is 0 Å². The van der Waals surface area contributed by atoms with Crippen LogP contribution >= 0.6 is 0 Å². The van der Waals surface area contributed by atoms with Gasteiger partial charge in [0.05, 0.1) is 19.2 Å². The van der Waals surface area contributed by atoms with Gasteiger partial charge < -0.3 is 19.3 Å². The first-order valence-corrected chi connectivity index (χ1v) is 12.8. The molecule has 2 bridgehead atoms. The summed E-state index contributed by atoms with van der Waals surface area (Å²) in [6.45, 7) is 5.12. The van der Waals surface area contributed by atoms with Crippen molar-refractivity contribution in [1.29, 1.82) is 0 Å². The minimum atomic E-state index is -0.124. The maximum Gasteiger partial charge on any atom is 0.302 e. The number of quaternary nitrogens is 1. The van der Waals surface area contributed by atoms with Crippen LogP contribution in [0.5, 0.6) is 0 Å². The molecule has 3 aliphatic carbocycles. The number of ether oxygens (including phenoxy) is 2. The predicted molar refractivity (Wildman–Crippen MR) is 117 cm³/mol. The van der Waals surface area contributed by atoms with Crippen LogP contribution in [0.15, 0.2) is 0 Å². The van der Waals surface area contributed by atoms with E-state index in [0.717, 1.165) is 25.9 Å². The van der Waals surface area contributed by atoms with Gasteiger partial charge in [0.2, 0.25) is 0 Å². The zero-order valence-electron chi connectivity index (χ0n) is 19.3. The van der Waals surface area contributed by atoms with Gasteiger partial charge in [0.1, 0.15) is 6.10 Å². The largest absolute Gasteiger partial charge is 0.631 e. The third kappa shape index (κ3) is 4.45. The second-order valence-electron chi connectivity index (χ2n) is 11.0. The molecule has 5 nitrogen and oxygen atoms in total. The third-order valence-corrected chi connectivity index (χ3v) is 9.12. The van der Waals surface area contributed by atoms with E-state index in [4.69, 9.17) is 9.47 Å². The van der Waals surface area contributed by atoms with Gasteiger partial charge in [0.15, 0.2) is 6.23 Å². The Bertz CT molecular complexity index is 592. The van der Waals surface area contributed by atoms with Crippen molar-refractivity contribution < 1.29 is 18.9 Å². The van der Waals surface area contributed by atoms with Gasteiger partial charge in [0.25, 0.3) is 0 Å². The number of carbonyl (C=O) groups excluding carboxylic acids is 1. The molecule has 4 unspecified atom stereocenters. The zero-order valence-corrected chi connectivity index (χ0v) is 19.3. The summed E-state index contributed by atoms with van der Waals surface area (Å²) < 4.78 is 11.5. The first-order valence-electron chi connectivity index (χ1n) is 12.8. The average Bonchev–Trinajstić information content (AvgIpc) is 2.72. The van der Waals surface area contributed by atoms with Gasteiger partial charge in [-0.2, -0.15) is 0 Å². The van der Waals surface area contributed by atoms with Crippen LogP contribution in [0.3, 0.4) is 0 Å². The Morgan fingerprint density at radius 1 is 0.900 bits per heavy atom. The number of nitrogens with zero attached hydrogens (tertiary/aromatic N) is 1. The molecule has 2 saturated heterocycles. The van der Waals surface area contributed by atoms with E-state index in [-0.39, 0.29) is 28.4 Å². The van der Waals surface area contributed by atoms with Crippen molar-refractivity contribution in [2.45, 2.75) is 129 Å². The van der Waals surface area contributed by atoms with Crippen molar-refractivity contribution in [2.24, 2.45) is 10.8 Å². The lowest BCUT2D eigenvalue weighted by Gasteiger charge is -2.63. The lowest BCUT2D eigenvalue weighted by atomic mass is 9.63. The zero-order chi connectivity index (χ0) is 21.2. The van der Waals surface area contributed by atoms with Crippen molar-refractivity contribution in [2.75, 3.05) is 13.1 Å². The number of rotatable bonds is 1. The molecule has 5 heteroatoms. The fourth-order valence-corrected chi connectivity index (χ4v) is 7.49. The third-order valence-electron chi connectivity index (χ3n) is 9.12. The van der Waals surface area contributed by atoms with Crippen molar-refractivity contribution >= 4 is 5.97 Å². The molecule has 2 spiro atoms. The number of hydrogen-bond donors (Lipinski definition) is 0. The maximum absolute atomic E-state index is 12.5. The maximum atomic E-state index is 12.5. The first kappa shape index (κ1) is 22.5. The molecule has 0 radical (unpaired) electrons. The van der Waals surface area contributed by atoms with E-state index < -0.39 is 0 Å². The fourth-order valence-electron chi connectivity index (χ4n) is 7.49. The van der Waals surface area contributed by atoms with Crippen LogP contribution < -0.4 is 0 Å². The molecule has 5 rings (SSSR count). The van der Waals surface area contributed by atoms with Gasteiger partial charge in [-0.1, -0.05) is 38.5 Å². The van der Waals surface area contributed by atoms with E-state index in [1.54, 1.807) is 6.92 Å². The number of carbonyl (C=O) groups is 1. The molecule has 5 aliphatic rings. The SMILES string of the molecule is CC(=O)O[C@H]1CCCCC12CCCCC2.CC1OC2CCCCC23CCC[N+]1([O-])C3. The highest BCUT2D eigenvalue weighted by molar-refractivity contribution is 5.66. The Labute approximate surface area is 183 Å². The second-order valence-corrected chi connectivity index (χ2v) is 11.0. The van der Waals surface area contributed by atoms with Crippen molar-refractivity contribution in [3.63, 3.8) is 0 Å². The smallest absolute Gasteiger partial charge is 0.302 e. The molecule has 2 heterocycles. The summed E-state index contributed by atoms with van der Waals surface area (Å²) in [7, 11) is 0. The van der Waals surface area contributed by atoms with E-state index in [0.29, 0.717) is 11.5 Å². The van der Waals surface area contributed by atoms with Gasteiger partial charge >= 0.3 is 5.97 Å². The molecule has 5 atom stereocenters. The molecular weight excluding hydrogens is 378 g/mol. The molecule has 0 aromatic heterocycles. The molecule has 5 fully saturated rings. The van der Waals surface area contributed by atoms with Crippen LogP contribution in [0.1, 0.15) is 110 Å². The summed E-state index contributed by atoms with van der Waals surface area (Å²) >= 11 is 0. The lowest BCUT2D eigenvalue weighted by molar-refractivity contribution is -0.951. The molecule has 3 saturated carbocycles. The highest BCUT2D eigenvalue weighted by atomic mass is 16.6. The fraction of sp³-hybridized carbons (Fsp3) is 0.960. The molecule has 2 aliphatic heterocycles. The Morgan fingerprint density at radius 2 is 1.50 bits per heavy atom. The minimum Gasteiger partial charge on any atom is -0.631 e. The Kier molecular flexibility index (Phi) is 6.82. The van der Waals surface area contributed by atoms with E-state index in [9.17, 15) is 10.0 Å². The summed E-state index contributed by atoms with van der Waals surface area (Å²) in [6.07, 6.45) is 19.4. The number of hydroxylamine groups is 3. The van der Waals surface area contributed by atoms with Crippen LogP contribution in [0.25, 0.3) is 0 Å². The molecule has 0 aromatic rings. The summed E-state index contributed by atoms with van der Waals surface area (Å²) in [5.74, 6) is -0.0909. The number of hydrogen-bond acceptors (Lipinski definition) is 4. The summed E-state index contributed by atoms with van der Waals surface area (Å²) in [4.78, 5) is 11.1. The van der Waals surface area contributed by atoms with Crippen LogP contribution in [-0.2, 0) is 14.3 Å². The molecular formula is C25H43NO4.